The Hall–Kier alpha value is -3.41. The SMILES string of the molecule is COc1cc(C[S+]([O-])N2CCN(c3cnn(-c4ccccc4)c(=O)c3OCC3CCC3)CC2)ccc1N=O. The molecule has 38 heavy (non-hydrogen) atoms. The molecule has 1 unspecified atom stereocenters. The van der Waals surface area contributed by atoms with Crippen LogP contribution in [0.3, 0.4) is 0 Å². The lowest BCUT2D eigenvalue weighted by Gasteiger charge is -2.36. The van der Waals surface area contributed by atoms with Gasteiger partial charge in [0.15, 0.2) is 5.75 Å². The third-order valence-corrected chi connectivity index (χ3v) is 8.62. The number of hydrogen-bond acceptors (Lipinski definition) is 9. The largest absolute Gasteiger partial charge is 0.598 e. The monoisotopic (exact) mass is 537 g/mol. The van der Waals surface area contributed by atoms with Gasteiger partial charge in [0.2, 0.25) is 5.75 Å². The highest BCUT2D eigenvalue weighted by Gasteiger charge is 2.29. The van der Waals surface area contributed by atoms with Gasteiger partial charge in [0.25, 0.3) is 0 Å². The van der Waals surface area contributed by atoms with E-state index in [0.717, 1.165) is 18.4 Å². The second-order valence-electron chi connectivity index (χ2n) is 9.50. The van der Waals surface area contributed by atoms with Crippen molar-refractivity contribution in [3.63, 3.8) is 0 Å². The molecular weight excluding hydrogens is 506 g/mol. The molecule has 0 spiro atoms. The molecule has 10 nitrogen and oxygen atoms in total. The topological polar surface area (TPSA) is 112 Å². The van der Waals surface area contributed by atoms with Gasteiger partial charge in [-0.1, -0.05) is 30.7 Å². The van der Waals surface area contributed by atoms with Gasteiger partial charge in [-0.3, -0.25) is 4.79 Å². The van der Waals surface area contributed by atoms with E-state index in [1.54, 1.807) is 24.4 Å². The van der Waals surface area contributed by atoms with E-state index in [1.165, 1.54) is 18.2 Å². The molecule has 2 fully saturated rings. The van der Waals surface area contributed by atoms with Gasteiger partial charge >= 0.3 is 5.56 Å². The Morgan fingerprint density at radius 1 is 1.11 bits per heavy atom. The summed E-state index contributed by atoms with van der Waals surface area (Å²) in [5.41, 5.74) is 2.10. The predicted molar refractivity (Wildman–Crippen MR) is 147 cm³/mol. The maximum Gasteiger partial charge on any atom is 0.316 e. The first-order chi connectivity index (χ1) is 18.6. The number of methoxy groups -OCH3 is 1. The summed E-state index contributed by atoms with van der Waals surface area (Å²) in [5, 5.41) is 7.40. The molecule has 1 saturated heterocycles. The van der Waals surface area contributed by atoms with Crippen molar-refractivity contribution in [2.45, 2.75) is 25.0 Å². The molecule has 0 radical (unpaired) electrons. The summed E-state index contributed by atoms with van der Waals surface area (Å²) < 4.78 is 27.8. The molecule has 1 aliphatic heterocycles. The molecule has 2 heterocycles. The van der Waals surface area contributed by atoms with Crippen LogP contribution in [0.15, 0.2) is 64.7 Å². The highest BCUT2D eigenvalue weighted by molar-refractivity contribution is 7.88. The van der Waals surface area contributed by atoms with Crippen molar-refractivity contribution in [3.8, 4) is 17.2 Å². The van der Waals surface area contributed by atoms with E-state index in [2.05, 4.69) is 15.2 Å². The number of nitrogens with zero attached hydrogens (tertiary/aromatic N) is 5. The van der Waals surface area contributed by atoms with Gasteiger partial charge in [0.05, 0.1) is 38.7 Å². The summed E-state index contributed by atoms with van der Waals surface area (Å²) in [5.74, 6) is 1.47. The molecule has 2 aromatic carbocycles. The number of nitroso groups, excluding NO2 is 1. The second kappa shape index (κ2) is 12.0. The van der Waals surface area contributed by atoms with E-state index in [-0.39, 0.29) is 11.2 Å². The quantitative estimate of drug-likeness (QED) is 0.284. The minimum Gasteiger partial charge on any atom is -0.598 e. The number of anilines is 1. The first kappa shape index (κ1) is 26.2. The minimum atomic E-state index is -1.26. The van der Waals surface area contributed by atoms with Gasteiger partial charge in [-0.15, -0.1) is 9.21 Å². The molecular formula is C27H31N5O5S. The predicted octanol–water partition coefficient (Wildman–Crippen LogP) is 3.80. The summed E-state index contributed by atoms with van der Waals surface area (Å²) in [6, 6.07) is 14.3. The van der Waals surface area contributed by atoms with Gasteiger partial charge in [-0.25, -0.2) is 0 Å². The number of para-hydroxylation sites is 1. The molecule has 0 N–H and O–H groups in total. The van der Waals surface area contributed by atoms with Crippen molar-refractivity contribution in [1.82, 2.24) is 14.1 Å². The van der Waals surface area contributed by atoms with Crippen LogP contribution >= 0.6 is 0 Å². The van der Waals surface area contributed by atoms with Crippen molar-refractivity contribution < 1.29 is 14.0 Å². The number of aromatic nitrogens is 2. The molecule has 3 aromatic rings. The van der Waals surface area contributed by atoms with Crippen molar-refractivity contribution in [3.05, 3.63) is 75.6 Å². The Bertz CT molecular complexity index is 1310. The lowest BCUT2D eigenvalue weighted by molar-refractivity contribution is 0.178. The first-order valence-corrected chi connectivity index (χ1v) is 14.0. The van der Waals surface area contributed by atoms with Crippen LogP contribution in [0, 0.1) is 10.8 Å². The van der Waals surface area contributed by atoms with E-state index < -0.39 is 11.4 Å². The van der Waals surface area contributed by atoms with Crippen LogP contribution in [0.5, 0.6) is 11.5 Å². The first-order valence-electron chi connectivity index (χ1n) is 12.8. The van der Waals surface area contributed by atoms with E-state index in [1.807, 2.05) is 34.6 Å². The summed E-state index contributed by atoms with van der Waals surface area (Å²) in [6.45, 7) is 2.80. The van der Waals surface area contributed by atoms with Crippen LogP contribution in [0.25, 0.3) is 5.69 Å². The molecule has 1 aromatic heterocycles. The molecule has 1 aliphatic carbocycles. The third kappa shape index (κ3) is 5.69. The Morgan fingerprint density at radius 2 is 1.87 bits per heavy atom. The lowest BCUT2D eigenvalue weighted by atomic mass is 9.86. The fourth-order valence-electron chi connectivity index (χ4n) is 4.66. The zero-order chi connectivity index (χ0) is 26.5. The molecule has 2 aliphatic rings. The molecule has 5 rings (SSSR count). The van der Waals surface area contributed by atoms with E-state index in [4.69, 9.17) is 9.47 Å². The Kier molecular flexibility index (Phi) is 8.26. The highest BCUT2D eigenvalue weighted by Crippen LogP contribution is 2.31. The van der Waals surface area contributed by atoms with Gasteiger partial charge < -0.3 is 18.9 Å². The number of ether oxygens (including phenoxy) is 2. The average molecular weight is 538 g/mol. The van der Waals surface area contributed by atoms with Crippen LogP contribution in [-0.4, -0.2) is 58.5 Å². The number of benzene rings is 2. The molecule has 1 saturated carbocycles. The van der Waals surface area contributed by atoms with Crippen molar-refractivity contribution in [2.75, 3.05) is 44.8 Å². The van der Waals surface area contributed by atoms with Crippen molar-refractivity contribution in [2.24, 2.45) is 11.1 Å². The molecule has 11 heteroatoms. The van der Waals surface area contributed by atoms with Crippen molar-refractivity contribution >= 4 is 22.7 Å². The summed E-state index contributed by atoms with van der Waals surface area (Å²) in [7, 11) is 1.47. The van der Waals surface area contributed by atoms with Crippen LogP contribution in [0.4, 0.5) is 11.4 Å². The fraction of sp³-hybridized carbons (Fsp3) is 0.407. The fourth-order valence-corrected chi connectivity index (χ4v) is 5.88. The molecule has 200 valence electrons. The minimum absolute atomic E-state index is 0.216. The Labute approximate surface area is 224 Å². The van der Waals surface area contributed by atoms with E-state index in [9.17, 15) is 14.3 Å². The van der Waals surface area contributed by atoms with E-state index >= 15 is 0 Å². The van der Waals surface area contributed by atoms with Crippen LogP contribution in [0.1, 0.15) is 24.8 Å². The van der Waals surface area contributed by atoms with Gasteiger partial charge in [0.1, 0.15) is 17.1 Å². The highest BCUT2D eigenvalue weighted by atomic mass is 32.2. The lowest BCUT2D eigenvalue weighted by Crippen LogP contribution is -2.49. The second-order valence-corrected chi connectivity index (χ2v) is 10.9. The molecule has 1 atom stereocenters. The zero-order valence-electron chi connectivity index (χ0n) is 21.3. The normalized spacial score (nSPS) is 17.1. The Balaban J connectivity index is 1.29. The van der Waals surface area contributed by atoms with Gasteiger partial charge in [-0.2, -0.15) is 9.78 Å². The molecule has 0 bridgehead atoms. The summed E-state index contributed by atoms with van der Waals surface area (Å²) in [4.78, 5) is 26.5. The van der Waals surface area contributed by atoms with Gasteiger partial charge in [0, 0.05) is 30.0 Å². The maximum absolute atomic E-state index is 13.5. The number of hydrogen-bond donors (Lipinski definition) is 0. The summed E-state index contributed by atoms with van der Waals surface area (Å²) >= 11 is -1.26. The number of rotatable bonds is 10. The maximum atomic E-state index is 13.5. The Morgan fingerprint density at radius 3 is 2.53 bits per heavy atom. The van der Waals surface area contributed by atoms with Crippen LogP contribution in [0.2, 0.25) is 0 Å². The standard InChI is InChI=1S/C27H31N5O5S/c1-36-25-16-21(10-11-23(25)29-34)19-38(35)31-14-12-30(13-15-31)24-17-28-32(22-8-3-2-4-9-22)27(33)26(24)37-18-20-6-5-7-20/h2-4,8-11,16-17,20H,5-7,12-15,18-19H2,1H3. The smallest absolute Gasteiger partial charge is 0.316 e. The van der Waals surface area contributed by atoms with Gasteiger partial charge in [-0.05, 0) is 48.2 Å². The van der Waals surface area contributed by atoms with E-state index in [0.29, 0.717) is 67.3 Å². The molecule has 0 amide bonds. The zero-order valence-corrected chi connectivity index (χ0v) is 22.1. The third-order valence-electron chi connectivity index (χ3n) is 7.10. The average Bonchev–Trinajstić information content (AvgIpc) is 2.93. The van der Waals surface area contributed by atoms with Crippen LogP contribution < -0.4 is 19.9 Å². The summed E-state index contributed by atoms with van der Waals surface area (Å²) in [6.07, 6.45) is 5.15. The van der Waals surface area contributed by atoms with Crippen molar-refractivity contribution in [1.29, 1.82) is 0 Å². The number of piperazine rings is 1. The van der Waals surface area contributed by atoms with Crippen LogP contribution in [-0.2, 0) is 17.1 Å².